The van der Waals surface area contributed by atoms with Crippen molar-refractivity contribution in [3.8, 4) is 11.8 Å². The Labute approximate surface area is 192 Å². The lowest BCUT2D eigenvalue weighted by molar-refractivity contribution is 0.417. The van der Waals surface area contributed by atoms with Crippen LogP contribution < -0.4 is 16.0 Å². The molecule has 1 unspecified atom stereocenters. The summed E-state index contributed by atoms with van der Waals surface area (Å²) in [6.45, 7) is 2.15. The predicted octanol–water partition coefficient (Wildman–Crippen LogP) is 1.22. The van der Waals surface area contributed by atoms with Gasteiger partial charge in [0.2, 0.25) is 0 Å². The maximum Gasteiger partial charge on any atom is 0.169 e. The van der Waals surface area contributed by atoms with E-state index in [9.17, 15) is 5.26 Å². The van der Waals surface area contributed by atoms with Crippen molar-refractivity contribution < 1.29 is 0 Å². The van der Waals surface area contributed by atoms with Crippen LogP contribution in [0.15, 0.2) is 52.7 Å². The molecule has 3 heterocycles. The van der Waals surface area contributed by atoms with Gasteiger partial charge in [-0.25, -0.2) is 5.01 Å². The van der Waals surface area contributed by atoms with E-state index in [1.165, 1.54) is 0 Å². The van der Waals surface area contributed by atoms with Crippen LogP contribution in [0.25, 0.3) is 5.69 Å². The van der Waals surface area contributed by atoms with Crippen molar-refractivity contribution in [2.75, 3.05) is 44.4 Å². The Morgan fingerprint density at radius 3 is 2.67 bits per heavy atom. The molecular formula is C22H27N11. The molecule has 11 nitrogen and oxygen atoms in total. The molecule has 170 valence electrons. The average Bonchev–Trinajstić information content (AvgIpc) is 3.26. The molecule has 2 aromatic rings. The summed E-state index contributed by atoms with van der Waals surface area (Å²) in [7, 11) is 4.10. The fourth-order valence-corrected chi connectivity index (χ4v) is 3.69. The number of nitrogens with one attached hydrogen (secondary N) is 3. The third-order valence-corrected chi connectivity index (χ3v) is 5.54. The quantitative estimate of drug-likeness (QED) is 0.555. The Morgan fingerprint density at radius 2 is 1.94 bits per heavy atom. The summed E-state index contributed by atoms with van der Waals surface area (Å²) in [6, 6.07) is 8.48. The first-order chi connectivity index (χ1) is 16.1. The van der Waals surface area contributed by atoms with Crippen molar-refractivity contribution in [3.05, 3.63) is 42.6 Å². The lowest BCUT2D eigenvalue weighted by Gasteiger charge is -2.26. The molecule has 1 fully saturated rings. The minimum atomic E-state index is -0.395. The fourth-order valence-electron chi connectivity index (χ4n) is 3.69. The molecule has 1 atom stereocenters. The number of anilines is 2. The Hall–Kier alpha value is -3.91. The second-order valence-corrected chi connectivity index (χ2v) is 8.61. The van der Waals surface area contributed by atoms with Gasteiger partial charge in [-0.2, -0.15) is 10.4 Å². The number of hydrazone groups is 1. The molecular weight excluding hydrogens is 418 g/mol. The highest BCUT2D eigenvalue weighted by Gasteiger charge is 2.35. The van der Waals surface area contributed by atoms with E-state index in [0.29, 0.717) is 18.4 Å². The summed E-state index contributed by atoms with van der Waals surface area (Å²) in [4.78, 5) is 6.68. The Kier molecular flexibility index (Phi) is 5.66. The largest absolute Gasteiger partial charge is 0.384 e. The fraction of sp³-hybridized carbons (Fsp3) is 0.409. The van der Waals surface area contributed by atoms with Crippen LogP contribution in [0.2, 0.25) is 0 Å². The van der Waals surface area contributed by atoms with E-state index in [0.717, 1.165) is 54.5 Å². The monoisotopic (exact) mass is 445 g/mol. The number of hydrogen-bond acceptors (Lipinski definition) is 10. The standard InChI is InChI=1S/C22H27N11/c1-31(2)6-5-24-16-7-17(9-18(8-16)32-13-26-27-14-32)29-21-10-20(28-15-3-4-15)22-25-12-19(11-23)33(22)30-21/h7-10,13-15,19,24,28H,3-6,12H2,1-2H3,(H,29,30). The molecule has 2 aliphatic heterocycles. The number of aromatic nitrogens is 3. The first kappa shape index (κ1) is 21.0. The molecule has 0 spiro atoms. The normalized spacial score (nSPS) is 19.4. The summed E-state index contributed by atoms with van der Waals surface area (Å²) in [5, 5.41) is 34.2. The van der Waals surface area contributed by atoms with Crippen LogP contribution in [0.1, 0.15) is 12.8 Å². The number of likely N-dealkylation sites (N-methyl/N-ethyl adjacent to an activating group) is 1. The summed E-state index contributed by atoms with van der Waals surface area (Å²) >= 11 is 0. The van der Waals surface area contributed by atoms with Gasteiger partial charge in [0.05, 0.1) is 24.0 Å². The second kappa shape index (κ2) is 8.91. The van der Waals surface area contributed by atoms with Crippen LogP contribution >= 0.6 is 0 Å². The second-order valence-electron chi connectivity index (χ2n) is 8.61. The van der Waals surface area contributed by atoms with Crippen molar-refractivity contribution >= 4 is 23.0 Å². The topological polar surface area (TPSA) is 122 Å². The number of amidine groups is 2. The van der Waals surface area contributed by atoms with Gasteiger partial charge in [0.1, 0.15) is 12.7 Å². The van der Waals surface area contributed by atoms with Gasteiger partial charge in [0.15, 0.2) is 17.7 Å². The molecule has 1 aliphatic carbocycles. The number of nitrogens with zero attached hydrogens (tertiary/aromatic N) is 8. The zero-order valence-electron chi connectivity index (χ0n) is 18.7. The van der Waals surface area contributed by atoms with E-state index >= 15 is 0 Å². The van der Waals surface area contributed by atoms with E-state index in [2.05, 4.69) is 53.3 Å². The number of benzene rings is 1. The first-order valence-electron chi connectivity index (χ1n) is 11.1. The number of nitriles is 1. The van der Waals surface area contributed by atoms with Crippen LogP contribution in [0, 0.1) is 11.3 Å². The zero-order valence-corrected chi connectivity index (χ0v) is 18.7. The van der Waals surface area contributed by atoms with Gasteiger partial charge < -0.3 is 20.9 Å². The molecule has 1 aromatic carbocycles. The van der Waals surface area contributed by atoms with Gasteiger partial charge in [0.25, 0.3) is 0 Å². The minimum absolute atomic E-state index is 0.395. The van der Waals surface area contributed by atoms with Crippen molar-refractivity contribution in [3.63, 3.8) is 0 Å². The van der Waals surface area contributed by atoms with Crippen molar-refractivity contribution in [1.29, 1.82) is 5.26 Å². The lowest BCUT2D eigenvalue weighted by Crippen LogP contribution is -2.40. The summed E-state index contributed by atoms with van der Waals surface area (Å²) in [6.07, 6.45) is 7.61. The highest BCUT2D eigenvalue weighted by Crippen LogP contribution is 2.27. The highest BCUT2D eigenvalue weighted by molar-refractivity contribution is 6.13. The predicted molar refractivity (Wildman–Crippen MR) is 127 cm³/mol. The molecule has 0 radical (unpaired) electrons. The molecule has 5 rings (SSSR count). The Morgan fingerprint density at radius 1 is 1.15 bits per heavy atom. The smallest absolute Gasteiger partial charge is 0.169 e. The van der Waals surface area contributed by atoms with Gasteiger partial charge in [-0.3, -0.25) is 9.56 Å². The highest BCUT2D eigenvalue weighted by atomic mass is 15.5. The van der Waals surface area contributed by atoms with Gasteiger partial charge >= 0.3 is 0 Å². The molecule has 33 heavy (non-hydrogen) atoms. The van der Waals surface area contributed by atoms with E-state index in [4.69, 9.17) is 0 Å². The number of fused-ring (bicyclic) bond motifs is 1. The number of rotatable bonds is 8. The van der Waals surface area contributed by atoms with Crippen molar-refractivity contribution in [2.24, 2.45) is 10.1 Å². The van der Waals surface area contributed by atoms with Crippen LogP contribution in [0.5, 0.6) is 0 Å². The SMILES string of the molecule is CN(C)CCNc1cc(NC2=NN3C(=NCC3C#N)C(NC3CC3)=C2)cc(-n2cnnc2)c1. The van der Waals surface area contributed by atoms with E-state index < -0.39 is 6.04 Å². The van der Waals surface area contributed by atoms with Crippen LogP contribution in [0.4, 0.5) is 11.4 Å². The average molecular weight is 446 g/mol. The summed E-state index contributed by atoms with van der Waals surface area (Å²) in [5.74, 6) is 1.39. The van der Waals surface area contributed by atoms with Gasteiger partial charge in [0, 0.05) is 36.6 Å². The number of hydrogen-bond donors (Lipinski definition) is 3. The molecule has 1 saturated carbocycles. The third-order valence-electron chi connectivity index (χ3n) is 5.54. The molecule has 1 aromatic heterocycles. The van der Waals surface area contributed by atoms with E-state index in [-0.39, 0.29) is 0 Å². The third kappa shape index (κ3) is 4.80. The maximum atomic E-state index is 9.54. The Bertz CT molecular complexity index is 1140. The van der Waals surface area contributed by atoms with E-state index in [1.54, 1.807) is 17.7 Å². The molecule has 3 aliphatic rings. The summed E-state index contributed by atoms with van der Waals surface area (Å²) < 4.78 is 1.86. The van der Waals surface area contributed by atoms with Gasteiger partial charge in [-0.15, -0.1) is 10.2 Å². The molecule has 11 heteroatoms. The minimum Gasteiger partial charge on any atom is -0.384 e. The van der Waals surface area contributed by atoms with Crippen LogP contribution in [0.3, 0.4) is 0 Å². The van der Waals surface area contributed by atoms with Crippen LogP contribution in [-0.2, 0) is 0 Å². The lowest BCUT2D eigenvalue weighted by atomic mass is 10.2. The molecule has 3 N–H and O–H groups in total. The van der Waals surface area contributed by atoms with Gasteiger partial charge in [-0.05, 0) is 45.1 Å². The van der Waals surface area contributed by atoms with Gasteiger partial charge in [-0.1, -0.05) is 0 Å². The maximum absolute atomic E-state index is 9.54. The van der Waals surface area contributed by atoms with Crippen molar-refractivity contribution in [2.45, 2.75) is 24.9 Å². The van der Waals surface area contributed by atoms with E-state index in [1.807, 2.05) is 36.9 Å². The van der Waals surface area contributed by atoms with Crippen LogP contribution in [-0.4, -0.2) is 82.2 Å². The van der Waals surface area contributed by atoms with Crippen molar-refractivity contribution in [1.82, 2.24) is 30.0 Å². The number of aliphatic imine (C=N–C) groups is 1. The molecule has 0 bridgehead atoms. The molecule has 0 saturated heterocycles. The first-order valence-corrected chi connectivity index (χ1v) is 11.1. The Balaban J connectivity index is 1.43. The molecule has 0 amide bonds. The zero-order chi connectivity index (χ0) is 22.8. The summed E-state index contributed by atoms with van der Waals surface area (Å²) in [5.41, 5.74) is 3.67.